The van der Waals surface area contributed by atoms with E-state index in [9.17, 15) is 13.6 Å². The minimum absolute atomic E-state index is 0.0449. The fourth-order valence-electron chi connectivity index (χ4n) is 3.30. The Morgan fingerprint density at radius 3 is 2.62 bits per heavy atom. The highest BCUT2D eigenvalue weighted by Gasteiger charge is 2.20. The first-order valence-corrected chi connectivity index (χ1v) is 9.13. The van der Waals surface area contributed by atoms with E-state index in [2.05, 4.69) is 4.98 Å². The molecule has 0 bridgehead atoms. The number of hydrogen-bond donors (Lipinski definition) is 0. The number of nitrogens with zero attached hydrogens (tertiary/aromatic N) is 3. The van der Waals surface area contributed by atoms with Crippen molar-refractivity contribution in [3.05, 3.63) is 72.6 Å². The lowest BCUT2D eigenvalue weighted by atomic mass is 10.1. The molecule has 4 rings (SSSR count). The first-order valence-electron chi connectivity index (χ1n) is 9.13. The van der Waals surface area contributed by atoms with E-state index in [1.54, 1.807) is 37.4 Å². The van der Waals surface area contributed by atoms with Gasteiger partial charge in [-0.3, -0.25) is 9.36 Å². The van der Waals surface area contributed by atoms with Crippen molar-refractivity contribution in [2.75, 3.05) is 13.7 Å². The molecular weight excluding hydrogens is 376 g/mol. The lowest BCUT2D eigenvalue weighted by molar-refractivity contribution is -0.132. The van der Waals surface area contributed by atoms with E-state index in [4.69, 9.17) is 4.74 Å². The summed E-state index contributed by atoms with van der Waals surface area (Å²) >= 11 is 0. The second-order valence-electron chi connectivity index (χ2n) is 6.68. The molecule has 4 aromatic rings. The number of fused-ring (bicyclic) bond motifs is 2. The van der Waals surface area contributed by atoms with Gasteiger partial charge >= 0.3 is 6.55 Å². The molecule has 0 aliphatic carbocycles. The first-order chi connectivity index (χ1) is 14.0. The van der Waals surface area contributed by atoms with Gasteiger partial charge < -0.3 is 9.64 Å². The van der Waals surface area contributed by atoms with Gasteiger partial charge in [0.05, 0.1) is 17.6 Å². The second kappa shape index (κ2) is 7.87. The summed E-state index contributed by atoms with van der Waals surface area (Å²) in [5, 5.41) is 1.92. The lowest BCUT2D eigenvalue weighted by Crippen LogP contribution is -2.32. The highest BCUT2D eigenvalue weighted by Crippen LogP contribution is 2.26. The second-order valence-corrected chi connectivity index (χ2v) is 6.68. The summed E-state index contributed by atoms with van der Waals surface area (Å²) in [7, 11) is 1.55. The number of likely N-dealkylation sites (N-methyl/N-ethyl adjacent to an activating group) is 1. The average Bonchev–Trinajstić information content (AvgIpc) is 3.09. The van der Waals surface area contributed by atoms with Crippen molar-refractivity contribution >= 4 is 27.7 Å². The summed E-state index contributed by atoms with van der Waals surface area (Å²) in [5.74, 6) is 0.401. The Labute approximate surface area is 166 Å². The van der Waals surface area contributed by atoms with Crippen molar-refractivity contribution in [2.45, 2.75) is 13.1 Å². The number of para-hydroxylation sites is 2. The summed E-state index contributed by atoms with van der Waals surface area (Å²) in [5.41, 5.74) is 0.806. The van der Waals surface area contributed by atoms with Crippen LogP contribution in [0.2, 0.25) is 0 Å². The SMILES string of the molecule is CN(Cc1nc2ccccc2n1C(F)F)C(=O)COc1cccc2ccccc12. The number of halogens is 2. The van der Waals surface area contributed by atoms with E-state index in [1.165, 1.54) is 4.90 Å². The molecule has 0 radical (unpaired) electrons. The summed E-state index contributed by atoms with van der Waals surface area (Å²) in [6, 6.07) is 20.0. The zero-order chi connectivity index (χ0) is 20.4. The predicted molar refractivity (Wildman–Crippen MR) is 107 cm³/mol. The number of rotatable bonds is 6. The fourth-order valence-corrected chi connectivity index (χ4v) is 3.30. The van der Waals surface area contributed by atoms with Crippen LogP contribution in [0.15, 0.2) is 66.7 Å². The van der Waals surface area contributed by atoms with Crippen molar-refractivity contribution in [1.29, 1.82) is 0 Å². The van der Waals surface area contributed by atoms with Gasteiger partial charge in [0.25, 0.3) is 5.91 Å². The maximum atomic E-state index is 13.6. The topological polar surface area (TPSA) is 47.4 Å². The molecule has 0 N–H and O–H groups in total. The van der Waals surface area contributed by atoms with Crippen molar-refractivity contribution in [1.82, 2.24) is 14.5 Å². The Morgan fingerprint density at radius 1 is 1.07 bits per heavy atom. The molecule has 0 aliphatic heterocycles. The van der Waals surface area contributed by atoms with Crippen molar-refractivity contribution < 1.29 is 18.3 Å². The lowest BCUT2D eigenvalue weighted by Gasteiger charge is -2.18. The van der Waals surface area contributed by atoms with E-state index in [0.29, 0.717) is 16.8 Å². The average molecular weight is 395 g/mol. The predicted octanol–water partition coefficient (Wildman–Crippen LogP) is 4.62. The van der Waals surface area contributed by atoms with E-state index in [-0.39, 0.29) is 24.9 Å². The van der Waals surface area contributed by atoms with Gasteiger partial charge in [-0.2, -0.15) is 8.78 Å². The van der Waals surface area contributed by atoms with Crippen LogP contribution in [0.4, 0.5) is 8.78 Å². The number of imidazole rings is 1. The van der Waals surface area contributed by atoms with Gasteiger partial charge in [-0.15, -0.1) is 0 Å². The molecule has 1 heterocycles. The van der Waals surface area contributed by atoms with Gasteiger partial charge in [0.2, 0.25) is 0 Å². The van der Waals surface area contributed by atoms with Crippen molar-refractivity contribution in [2.24, 2.45) is 0 Å². The van der Waals surface area contributed by atoms with Gasteiger partial charge in [0.1, 0.15) is 11.6 Å². The van der Waals surface area contributed by atoms with E-state index in [0.717, 1.165) is 15.3 Å². The molecule has 0 aliphatic rings. The summed E-state index contributed by atoms with van der Waals surface area (Å²) in [4.78, 5) is 18.1. The van der Waals surface area contributed by atoms with Crippen molar-refractivity contribution in [3.63, 3.8) is 0 Å². The van der Waals surface area contributed by atoms with Crippen LogP contribution >= 0.6 is 0 Å². The Morgan fingerprint density at radius 2 is 1.79 bits per heavy atom. The van der Waals surface area contributed by atoms with Crippen LogP contribution in [-0.2, 0) is 11.3 Å². The van der Waals surface area contributed by atoms with Crippen LogP contribution in [0.5, 0.6) is 5.75 Å². The zero-order valence-electron chi connectivity index (χ0n) is 15.8. The summed E-state index contributed by atoms with van der Waals surface area (Å²) < 4.78 is 33.7. The standard InChI is InChI=1S/C22H19F2N3O2/c1-26(13-20-25-17-10-4-5-11-18(17)27(20)22(23)24)21(28)14-29-19-12-6-8-15-7-2-3-9-16(15)19/h2-12,22H,13-14H2,1H3. The van der Waals surface area contributed by atoms with Crippen LogP contribution in [0.3, 0.4) is 0 Å². The zero-order valence-corrected chi connectivity index (χ0v) is 15.8. The molecule has 0 saturated carbocycles. The highest BCUT2D eigenvalue weighted by molar-refractivity contribution is 5.88. The van der Waals surface area contributed by atoms with Crippen LogP contribution in [-0.4, -0.2) is 34.0 Å². The Kier molecular flexibility index (Phi) is 5.12. The van der Waals surface area contributed by atoms with Crippen LogP contribution in [0.25, 0.3) is 21.8 Å². The van der Waals surface area contributed by atoms with Crippen molar-refractivity contribution in [3.8, 4) is 5.75 Å². The summed E-state index contributed by atoms with van der Waals surface area (Å²) in [6.45, 7) is -2.98. The number of aromatic nitrogens is 2. The third-order valence-electron chi connectivity index (χ3n) is 4.77. The number of ether oxygens (including phenoxy) is 1. The van der Waals surface area contributed by atoms with Crippen LogP contribution in [0.1, 0.15) is 12.4 Å². The third-order valence-corrected chi connectivity index (χ3v) is 4.77. The Hall–Kier alpha value is -3.48. The molecule has 0 unspecified atom stereocenters. The highest BCUT2D eigenvalue weighted by atomic mass is 19.3. The van der Waals surface area contributed by atoms with Gasteiger partial charge in [-0.1, -0.05) is 48.5 Å². The molecule has 0 saturated heterocycles. The number of hydrogen-bond acceptors (Lipinski definition) is 3. The first kappa shape index (κ1) is 18.9. The largest absolute Gasteiger partial charge is 0.483 e. The molecule has 5 nitrogen and oxygen atoms in total. The number of carbonyl (C=O) groups is 1. The van der Waals surface area contributed by atoms with Gasteiger partial charge in [-0.25, -0.2) is 4.98 Å². The molecule has 1 amide bonds. The maximum Gasteiger partial charge on any atom is 0.320 e. The van der Waals surface area contributed by atoms with E-state index >= 15 is 0 Å². The molecule has 1 aromatic heterocycles. The number of amides is 1. The molecule has 3 aromatic carbocycles. The number of alkyl halides is 2. The normalized spacial score (nSPS) is 11.3. The molecular formula is C22H19F2N3O2. The molecule has 7 heteroatoms. The minimum Gasteiger partial charge on any atom is -0.483 e. The maximum absolute atomic E-state index is 13.6. The summed E-state index contributed by atoms with van der Waals surface area (Å²) in [6.07, 6.45) is 0. The third kappa shape index (κ3) is 3.76. The molecule has 0 atom stereocenters. The smallest absolute Gasteiger partial charge is 0.320 e. The molecule has 29 heavy (non-hydrogen) atoms. The molecule has 0 spiro atoms. The van der Waals surface area contributed by atoms with Crippen LogP contribution in [0, 0.1) is 0 Å². The van der Waals surface area contributed by atoms with Gasteiger partial charge in [0, 0.05) is 12.4 Å². The fraction of sp³-hybridized carbons (Fsp3) is 0.182. The molecule has 0 fully saturated rings. The Balaban J connectivity index is 1.49. The molecule has 148 valence electrons. The number of benzene rings is 3. The van der Waals surface area contributed by atoms with Gasteiger partial charge in [-0.05, 0) is 23.6 Å². The number of carbonyl (C=O) groups excluding carboxylic acids is 1. The van der Waals surface area contributed by atoms with E-state index in [1.807, 2.05) is 36.4 Å². The Bertz CT molecular complexity index is 1170. The quantitative estimate of drug-likeness (QED) is 0.479. The minimum atomic E-state index is -2.74. The van der Waals surface area contributed by atoms with E-state index < -0.39 is 6.55 Å². The monoisotopic (exact) mass is 395 g/mol. The van der Waals surface area contributed by atoms with Crippen LogP contribution < -0.4 is 4.74 Å². The van der Waals surface area contributed by atoms with Gasteiger partial charge in [0.15, 0.2) is 6.61 Å².